The Morgan fingerprint density at radius 3 is 2.88 bits per heavy atom. The molecule has 2 rings (SSSR count). The number of pyridine rings is 1. The minimum Gasteiger partial charge on any atom is -0.465 e. The van der Waals surface area contributed by atoms with Crippen LogP contribution in [0.5, 0.6) is 0 Å². The minimum atomic E-state index is -0.534. The molecule has 1 aromatic carbocycles. The standard InChI is InChI=1S/C11H8BrClN2O2/c1-17-11(16)5-4-15-10-6(12)2-3-7(13)8(10)9(5)14/h2-4H,1H3,(H2,14,15). The first-order valence-electron chi connectivity index (χ1n) is 4.66. The number of nitrogens with two attached hydrogens (primary N) is 1. The summed E-state index contributed by atoms with van der Waals surface area (Å²) in [5, 5.41) is 0.989. The van der Waals surface area contributed by atoms with Crippen LogP contribution in [0.2, 0.25) is 5.02 Å². The number of ether oxygens (including phenoxy) is 1. The molecule has 0 saturated heterocycles. The van der Waals surface area contributed by atoms with Crippen LogP contribution in [0.4, 0.5) is 5.69 Å². The third-order valence-corrected chi connectivity index (χ3v) is 3.32. The van der Waals surface area contributed by atoms with Crippen LogP contribution in [0, 0.1) is 0 Å². The van der Waals surface area contributed by atoms with Crippen LogP contribution in [0.25, 0.3) is 10.9 Å². The molecular weight excluding hydrogens is 307 g/mol. The van der Waals surface area contributed by atoms with E-state index in [0.717, 1.165) is 4.47 Å². The number of esters is 1. The van der Waals surface area contributed by atoms with Gasteiger partial charge < -0.3 is 10.5 Å². The predicted molar refractivity (Wildman–Crippen MR) is 70.2 cm³/mol. The molecule has 0 saturated carbocycles. The molecule has 2 aromatic rings. The number of rotatable bonds is 1. The van der Waals surface area contributed by atoms with Crippen LogP contribution in [0.1, 0.15) is 10.4 Å². The van der Waals surface area contributed by atoms with Crippen molar-refractivity contribution in [1.29, 1.82) is 0 Å². The molecule has 0 fully saturated rings. The third kappa shape index (κ3) is 1.96. The van der Waals surface area contributed by atoms with Gasteiger partial charge in [-0.05, 0) is 28.1 Å². The first-order chi connectivity index (χ1) is 8.06. The number of aromatic nitrogens is 1. The Morgan fingerprint density at radius 2 is 2.24 bits per heavy atom. The molecule has 0 aliphatic rings. The van der Waals surface area contributed by atoms with Crippen LogP contribution < -0.4 is 5.73 Å². The van der Waals surface area contributed by atoms with Crippen LogP contribution in [-0.2, 0) is 4.74 Å². The lowest BCUT2D eigenvalue weighted by atomic mass is 10.1. The number of methoxy groups -OCH3 is 1. The first kappa shape index (κ1) is 12.1. The van der Waals surface area contributed by atoms with Gasteiger partial charge in [-0.25, -0.2) is 4.79 Å². The van der Waals surface area contributed by atoms with E-state index in [-0.39, 0.29) is 11.3 Å². The van der Waals surface area contributed by atoms with Crippen molar-refractivity contribution in [2.24, 2.45) is 0 Å². The molecule has 0 aliphatic heterocycles. The van der Waals surface area contributed by atoms with Crippen molar-refractivity contribution in [3.8, 4) is 0 Å². The molecule has 2 N–H and O–H groups in total. The summed E-state index contributed by atoms with van der Waals surface area (Å²) >= 11 is 9.41. The number of hydrogen-bond acceptors (Lipinski definition) is 4. The molecule has 0 amide bonds. The van der Waals surface area contributed by atoms with Gasteiger partial charge in [-0.2, -0.15) is 0 Å². The Kier molecular flexibility index (Phi) is 3.22. The smallest absolute Gasteiger partial charge is 0.341 e. The molecule has 0 spiro atoms. The summed E-state index contributed by atoms with van der Waals surface area (Å²) in [6.45, 7) is 0. The Bertz CT molecular complexity index is 616. The third-order valence-electron chi connectivity index (χ3n) is 2.37. The highest BCUT2D eigenvalue weighted by atomic mass is 79.9. The van der Waals surface area contributed by atoms with Gasteiger partial charge in [0.05, 0.1) is 23.3 Å². The maximum atomic E-state index is 11.5. The molecule has 0 radical (unpaired) electrons. The SMILES string of the molecule is COC(=O)c1cnc2c(Br)ccc(Cl)c2c1N. The van der Waals surface area contributed by atoms with Crippen LogP contribution in [-0.4, -0.2) is 18.1 Å². The molecule has 4 nitrogen and oxygen atoms in total. The number of hydrogen-bond donors (Lipinski definition) is 1. The maximum Gasteiger partial charge on any atom is 0.341 e. The molecule has 1 aromatic heterocycles. The lowest BCUT2D eigenvalue weighted by molar-refractivity contribution is 0.0601. The zero-order valence-electron chi connectivity index (χ0n) is 8.83. The van der Waals surface area contributed by atoms with Crippen molar-refractivity contribution >= 4 is 50.1 Å². The monoisotopic (exact) mass is 314 g/mol. The van der Waals surface area contributed by atoms with Gasteiger partial charge in [0.25, 0.3) is 0 Å². The van der Waals surface area contributed by atoms with Gasteiger partial charge in [0, 0.05) is 16.1 Å². The van der Waals surface area contributed by atoms with Gasteiger partial charge in [-0.1, -0.05) is 11.6 Å². The Morgan fingerprint density at radius 1 is 1.53 bits per heavy atom. The topological polar surface area (TPSA) is 65.2 Å². The summed E-state index contributed by atoms with van der Waals surface area (Å²) in [5.41, 5.74) is 7.01. The molecule has 0 unspecified atom stereocenters. The van der Waals surface area contributed by atoms with Gasteiger partial charge in [0.2, 0.25) is 0 Å². The number of nitrogens with zero attached hydrogens (tertiary/aromatic N) is 1. The van der Waals surface area contributed by atoms with E-state index >= 15 is 0 Å². The zero-order chi connectivity index (χ0) is 12.6. The molecule has 1 heterocycles. The second kappa shape index (κ2) is 4.50. The lowest BCUT2D eigenvalue weighted by Gasteiger charge is -2.09. The van der Waals surface area contributed by atoms with Crippen LogP contribution >= 0.6 is 27.5 Å². The molecule has 0 aliphatic carbocycles. The van der Waals surface area contributed by atoms with Crippen molar-refractivity contribution < 1.29 is 9.53 Å². The fourth-order valence-electron chi connectivity index (χ4n) is 1.53. The van der Waals surface area contributed by atoms with Gasteiger partial charge in [0.15, 0.2) is 0 Å². The molecular formula is C11H8BrClN2O2. The average molecular weight is 316 g/mol. The summed E-state index contributed by atoms with van der Waals surface area (Å²) in [4.78, 5) is 15.6. The molecule has 0 bridgehead atoms. The van der Waals surface area contributed by atoms with Crippen molar-refractivity contribution in [3.63, 3.8) is 0 Å². The lowest BCUT2D eigenvalue weighted by Crippen LogP contribution is -2.07. The minimum absolute atomic E-state index is 0.208. The number of halogens is 2. The molecule has 17 heavy (non-hydrogen) atoms. The van der Waals surface area contributed by atoms with E-state index in [1.165, 1.54) is 13.3 Å². The van der Waals surface area contributed by atoms with Gasteiger partial charge >= 0.3 is 5.97 Å². The quantitative estimate of drug-likeness (QED) is 0.822. The summed E-state index contributed by atoms with van der Waals surface area (Å²) in [6, 6.07) is 3.46. The Hall–Kier alpha value is -1.33. The van der Waals surface area contributed by atoms with Crippen LogP contribution in [0.15, 0.2) is 22.8 Å². The summed E-state index contributed by atoms with van der Waals surface area (Å²) in [6.07, 6.45) is 1.38. The first-order valence-corrected chi connectivity index (χ1v) is 5.84. The number of benzene rings is 1. The highest BCUT2D eigenvalue weighted by molar-refractivity contribution is 9.10. The van der Waals surface area contributed by atoms with E-state index in [2.05, 4.69) is 25.7 Å². The van der Waals surface area contributed by atoms with Crippen molar-refractivity contribution in [3.05, 3.63) is 33.4 Å². The summed E-state index contributed by atoms with van der Waals surface area (Å²) < 4.78 is 5.39. The number of nitrogen functional groups attached to an aromatic ring is 1. The van der Waals surface area contributed by atoms with E-state index in [0.29, 0.717) is 15.9 Å². The second-order valence-electron chi connectivity index (χ2n) is 3.33. The predicted octanol–water partition coefficient (Wildman–Crippen LogP) is 3.02. The summed E-state index contributed by atoms with van der Waals surface area (Å²) in [7, 11) is 1.29. The zero-order valence-corrected chi connectivity index (χ0v) is 11.2. The van der Waals surface area contributed by atoms with E-state index in [4.69, 9.17) is 17.3 Å². The highest BCUT2D eigenvalue weighted by Gasteiger charge is 2.16. The molecule has 88 valence electrons. The van der Waals surface area contributed by atoms with Gasteiger partial charge in [0.1, 0.15) is 5.56 Å². The van der Waals surface area contributed by atoms with Crippen LogP contribution in [0.3, 0.4) is 0 Å². The average Bonchev–Trinajstić information content (AvgIpc) is 2.33. The van der Waals surface area contributed by atoms with E-state index in [9.17, 15) is 4.79 Å². The molecule has 0 atom stereocenters. The fraction of sp³-hybridized carbons (Fsp3) is 0.0909. The largest absolute Gasteiger partial charge is 0.465 e. The molecule has 6 heteroatoms. The Balaban J connectivity index is 2.84. The van der Waals surface area contributed by atoms with Gasteiger partial charge in [-0.3, -0.25) is 4.98 Å². The van der Waals surface area contributed by atoms with E-state index in [1.54, 1.807) is 12.1 Å². The number of carbonyl (C=O) groups excluding carboxylic acids is 1. The normalized spacial score (nSPS) is 10.5. The van der Waals surface area contributed by atoms with E-state index < -0.39 is 5.97 Å². The highest BCUT2D eigenvalue weighted by Crippen LogP contribution is 2.34. The number of anilines is 1. The second-order valence-corrected chi connectivity index (χ2v) is 4.59. The Labute approximate surface area is 111 Å². The number of carbonyl (C=O) groups is 1. The van der Waals surface area contributed by atoms with Crippen molar-refractivity contribution in [2.45, 2.75) is 0 Å². The van der Waals surface area contributed by atoms with E-state index in [1.807, 2.05) is 0 Å². The fourth-order valence-corrected chi connectivity index (χ4v) is 2.22. The summed E-state index contributed by atoms with van der Waals surface area (Å²) in [5.74, 6) is -0.534. The number of fused-ring (bicyclic) bond motifs is 1. The van der Waals surface area contributed by atoms with Gasteiger partial charge in [-0.15, -0.1) is 0 Å². The van der Waals surface area contributed by atoms with Crippen molar-refractivity contribution in [1.82, 2.24) is 4.98 Å². The maximum absolute atomic E-state index is 11.5. The van der Waals surface area contributed by atoms with Crippen molar-refractivity contribution in [2.75, 3.05) is 12.8 Å².